The van der Waals surface area contributed by atoms with Gasteiger partial charge in [0.25, 0.3) is 11.8 Å². The number of hydrogen-bond acceptors (Lipinski definition) is 10. The molecule has 3 aromatic rings. The molecule has 2 saturated heterocycles. The highest BCUT2D eigenvalue weighted by Crippen LogP contribution is 2.37. The van der Waals surface area contributed by atoms with Crippen molar-refractivity contribution < 1.29 is 43.0 Å². The highest BCUT2D eigenvalue weighted by Gasteiger charge is 2.57. The van der Waals surface area contributed by atoms with Crippen molar-refractivity contribution in [3.63, 3.8) is 0 Å². The number of methoxy groups -OCH3 is 1. The molecular weight excluding hydrogens is 574 g/mol. The van der Waals surface area contributed by atoms with Gasteiger partial charge in [0.05, 0.1) is 38.1 Å². The summed E-state index contributed by atoms with van der Waals surface area (Å²) in [6, 6.07) is 8.85. The molecule has 1 aromatic carbocycles. The zero-order valence-electron chi connectivity index (χ0n) is 24.6. The summed E-state index contributed by atoms with van der Waals surface area (Å²) in [6.07, 6.45) is -0.830. The third kappa shape index (κ3) is 4.80. The van der Waals surface area contributed by atoms with E-state index >= 15 is 0 Å². The number of hydrogen-bond donors (Lipinski definition) is 2. The maximum absolute atomic E-state index is 14.1. The number of urea groups is 1. The molecule has 0 radical (unpaired) electrons. The van der Waals surface area contributed by atoms with Crippen LogP contribution in [0.1, 0.15) is 48.9 Å². The summed E-state index contributed by atoms with van der Waals surface area (Å²) in [4.78, 5) is 73.7. The van der Waals surface area contributed by atoms with Crippen molar-refractivity contribution in [1.29, 1.82) is 0 Å². The molecule has 5 heterocycles. The first-order chi connectivity index (χ1) is 20.8. The molecular formula is C30H31N5O9. The number of esters is 1. The molecule has 3 aliphatic rings. The van der Waals surface area contributed by atoms with E-state index in [0.29, 0.717) is 16.9 Å². The van der Waals surface area contributed by atoms with Gasteiger partial charge in [0.1, 0.15) is 22.8 Å². The molecule has 0 aliphatic carbocycles. The number of amides is 5. The van der Waals surface area contributed by atoms with Gasteiger partial charge in [0.2, 0.25) is 5.91 Å². The Labute approximate surface area is 251 Å². The fourth-order valence-electron chi connectivity index (χ4n) is 5.50. The SMILES string of the molecule is COc1ccc2c(c1)C(=O)N(C[C@@]1(c3cc4nc(N5C[C@@H](O)CC5=O)ccc4o3)NC(=O)N(COC(=O)C(C)(C)C)C1=O)C2. The second-order valence-electron chi connectivity index (χ2n) is 12.1. The Morgan fingerprint density at radius 2 is 1.93 bits per heavy atom. The van der Waals surface area contributed by atoms with E-state index in [9.17, 15) is 29.1 Å². The average molecular weight is 606 g/mol. The van der Waals surface area contributed by atoms with E-state index in [1.807, 2.05) is 0 Å². The number of benzene rings is 1. The number of aliphatic hydroxyl groups is 1. The molecule has 2 N–H and O–H groups in total. The highest BCUT2D eigenvalue weighted by molar-refractivity contribution is 6.08. The summed E-state index contributed by atoms with van der Waals surface area (Å²) in [5.41, 5.74) is -1.11. The smallest absolute Gasteiger partial charge is 0.328 e. The Balaban J connectivity index is 1.37. The molecule has 3 aliphatic heterocycles. The largest absolute Gasteiger partial charge is 0.497 e. The van der Waals surface area contributed by atoms with E-state index in [1.54, 1.807) is 51.1 Å². The number of nitrogens with zero attached hydrogens (tertiary/aromatic N) is 4. The van der Waals surface area contributed by atoms with Gasteiger partial charge in [-0.15, -0.1) is 0 Å². The number of furan rings is 1. The number of carbonyl (C=O) groups excluding carboxylic acids is 5. The number of rotatable bonds is 7. The number of aliphatic hydroxyl groups excluding tert-OH is 1. The number of fused-ring (bicyclic) bond motifs is 2. The maximum Gasteiger partial charge on any atom is 0.328 e. The van der Waals surface area contributed by atoms with E-state index in [4.69, 9.17) is 13.9 Å². The summed E-state index contributed by atoms with van der Waals surface area (Å²) in [5, 5.41) is 12.6. The van der Waals surface area contributed by atoms with Gasteiger partial charge >= 0.3 is 12.0 Å². The lowest BCUT2D eigenvalue weighted by molar-refractivity contribution is -0.158. The van der Waals surface area contributed by atoms with Crippen LogP contribution < -0.4 is 15.0 Å². The molecule has 5 amide bonds. The van der Waals surface area contributed by atoms with Crippen LogP contribution >= 0.6 is 0 Å². The number of aromatic nitrogens is 1. The topological polar surface area (TPSA) is 172 Å². The standard InChI is InChI=1S/C30H31N5O9/c1-29(2,3)27(40)43-15-35-26(39)30(32-28(35)41,14-33-12-16-5-6-18(42-4)10-19(16)25(33)38)22-11-20-21(44-22)7-8-23(31-20)34-13-17(36)9-24(34)37/h5-8,10-11,17,36H,9,12-15H2,1-4H3,(H,32,41)/t17-,30-/m0/s1. The second-order valence-corrected chi connectivity index (χ2v) is 12.1. The van der Waals surface area contributed by atoms with Crippen molar-refractivity contribution in [1.82, 2.24) is 20.1 Å². The van der Waals surface area contributed by atoms with Crippen LogP contribution in [0.5, 0.6) is 5.75 Å². The van der Waals surface area contributed by atoms with Crippen molar-refractivity contribution in [2.75, 3.05) is 31.8 Å². The molecule has 0 unspecified atom stereocenters. The predicted octanol–water partition coefficient (Wildman–Crippen LogP) is 1.88. The van der Waals surface area contributed by atoms with Gasteiger partial charge in [-0.05, 0) is 50.6 Å². The number of nitrogens with one attached hydrogen (secondary N) is 1. The van der Waals surface area contributed by atoms with Crippen molar-refractivity contribution >= 4 is 46.6 Å². The van der Waals surface area contributed by atoms with E-state index < -0.39 is 41.7 Å². The molecule has 14 heteroatoms. The zero-order valence-corrected chi connectivity index (χ0v) is 24.6. The fourth-order valence-corrected chi connectivity index (χ4v) is 5.50. The van der Waals surface area contributed by atoms with Gasteiger partial charge < -0.3 is 29.2 Å². The maximum atomic E-state index is 14.1. The van der Waals surface area contributed by atoms with Gasteiger partial charge in [0.15, 0.2) is 17.9 Å². The summed E-state index contributed by atoms with van der Waals surface area (Å²) >= 11 is 0. The predicted molar refractivity (Wildman–Crippen MR) is 152 cm³/mol. The number of imide groups is 1. The van der Waals surface area contributed by atoms with E-state index in [2.05, 4.69) is 10.3 Å². The minimum Gasteiger partial charge on any atom is -0.497 e. The average Bonchev–Trinajstić information content (AvgIpc) is 3.70. The third-order valence-electron chi connectivity index (χ3n) is 7.90. The minimum atomic E-state index is -1.90. The molecule has 0 saturated carbocycles. The number of pyridine rings is 1. The third-order valence-corrected chi connectivity index (χ3v) is 7.90. The van der Waals surface area contributed by atoms with Crippen LogP contribution in [-0.2, 0) is 31.2 Å². The Bertz CT molecular complexity index is 1730. The Morgan fingerprint density at radius 3 is 2.61 bits per heavy atom. The monoisotopic (exact) mass is 605 g/mol. The minimum absolute atomic E-state index is 0.00531. The fraction of sp³-hybridized carbons (Fsp3) is 0.400. The molecule has 14 nitrogen and oxygen atoms in total. The van der Waals surface area contributed by atoms with Gasteiger partial charge in [-0.3, -0.25) is 24.1 Å². The molecule has 2 atom stereocenters. The van der Waals surface area contributed by atoms with Crippen molar-refractivity contribution in [3.05, 3.63) is 53.3 Å². The van der Waals surface area contributed by atoms with E-state index in [-0.39, 0.29) is 60.5 Å². The van der Waals surface area contributed by atoms with Gasteiger partial charge in [-0.25, -0.2) is 14.7 Å². The van der Waals surface area contributed by atoms with Crippen LogP contribution in [0.15, 0.2) is 40.8 Å². The van der Waals surface area contributed by atoms with Crippen LogP contribution in [-0.4, -0.2) is 82.6 Å². The van der Waals surface area contributed by atoms with Crippen LogP contribution in [0, 0.1) is 5.41 Å². The molecule has 44 heavy (non-hydrogen) atoms. The summed E-state index contributed by atoms with van der Waals surface area (Å²) in [5.74, 6) is -1.28. The number of carbonyl (C=O) groups is 5. The van der Waals surface area contributed by atoms with Crippen LogP contribution in [0.2, 0.25) is 0 Å². The lowest BCUT2D eigenvalue weighted by Gasteiger charge is -2.29. The lowest BCUT2D eigenvalue weighted by atomic mass is 9.95. The molecule has 0 bridgehead atoms. The van der Waals surface area contributed by atoms with Crippen LogP contribution in [0.4, 0.5) is 10.6 Å². The summed E-state index contributed by atoms with van der Waals surface area (Å²) in [6.45, 7) is 4.22. The van der Waals surface area contributed by atoms with Crippen molar-refractivity contribution in [2.24, 2.45) is 5.41 Å². The van der Waals surface area contributed by atoms with Gasteiger partial charge in [-0.1, -0.05) is 6.07 Å². The molecule has 2 fully saturated rings. The van der Waals surface area contributed by atoms with Crippen molar-refractivity contribution in [3.8, 4) is 5.75 Å². The first-order valence-electron chi connectivity index (χ1n) is 14.0. The molecule has 2 aromatic heterocycles. The summed E-state index contributed by atoms with van der Waals surface area (Å²) < 4.78 is 16.6. The van der Waals surface area contributed by atoms with Crippen LogP contribution in [0.3, 0.4) is 0 Å². The molecule has 230 valence electrons. The van der Waals surface area contributed by atoms with E-state index in [0.717, 1.165) is 4.90 Å². The molecule has 0 spiro atoms. The highest BCUT2D eigenvalue weighted by atomic mass is 16.5. The van der Waals surface area contributed by atoms with Gasteiger partial charge in [0, 0.05) is 18.2 Å². The first kappa shape index (κ1) is 29.1. The Kier molecular flexibility index (Phi) is 6.83. The Morgan fingerprint density at radius 1 is 1.16 bits per heavy atom. The normalized spacial score (nSPS) is 21.8. The number of ether oxygens (including phenoxy) is 2. The quantitative estimate of drug-likeness (QED) is 0.299. The molecule has 6 rings (SSSR count). The van der Waals surface area contributed by atoms with E-state index in [1.165, 1.54) is 23.0 Å². The first-order valence-corrected chi connectivity index (χ1v) is 14.0. The summed E-state index contributed by atoms with van der Waals surface area (Å²) in [7, 11) is 1.49. The second kappa shape index (κ2) is 10.3. The number of anilines is 1. The van der Waals surface area contributed by atoms with Crippen LogP contribution in [0.25, 0.3) is 11.1 Å². The Hall–Kier alpha value is -4.98. The lowest BCUT2D eigenvalue weighted by Crippen LogP contribution is -2.52. The zero-order chi connectivity index (χ0) is 31.6. The number of β-amino-alcohol motifs (C(OH)–C–C–N with tert-alkyl or cyclic N) is 1. The van der Waals surface area contributed by atoms with Crippen molar-refractivity contribution in [2.45, 2.75) is 45.4 Å². The van der Waals surface area contributed by atoms with Gasteiger partial charge in [-0.2, -0.15) is 0 Å².